The van der Waals surface area contributed by atoms with Gasteiger partial charge in [-0.2, -0.15) is 22.0 Å². The van der Waals surface area contributed by atoms with Crippen LogP contribution in [0, 0.1) is 0 Å². The number of phosphoric ester groups is 1. The predicted octanol–water partition coefficient (Wildman–Crippen LogP) is 2.76. The van der Waals surface area contributed by atoms with Crippen molar-refractivity contribution in [3.63, 3.8) is 0 Å². The van der Waals surface area contributed by atoms with Crippen LogP contribution in [-0.2, 0) is 9.09 Å². The van der Waals surface area contributed by atoms with Crippen LogP contribution in [0.2, 0.25) is 0 Å². The van der Waals surface area contributed by atoms with Crippen molar-refractivity contribution in [2.45, 2.75) is 63.7 Å². The molecule has 0 aromatic rings. The zero-order chi connectivity index (χ0) is 16.2. The van der Waals surface area contributed by atoms with E-state index in [1.165, 1.54) is 13.8 Å². The van der Waals surface area contributed by atoms with E-state index < -0.39 is 31.9 Å². The summed E-state index contributed by atoms with van der Waals surface area (Å²) >= 11 is 0. The summed E-state index contributed by atoms with van der Waals surface area (Å²) in [6.07, 6.45) is -8.32. The second-order valence-corrected chi connectivity index (χ2v) is 5.68. The molecule has 0 rings (SSSR count). The Morgan fingerprint density at radius 1 is 1.00 bits per heavy atom. The van der Waals surface area contributed by atoms with E-state index >= 15 is 0 Å². The van der Waals surface area contributed by atoms with Crippen LogP contribution in [0.1, 0.15) is 46.0 Å². The molecule has 0 aromatic heterocycles. The van der Waals surface area contributed by atoms with Gasteiger partial charge in [0.2, 0.25) is 0 Å². The predicted molar refractivity (Wildman–Crippen MR) is 56.9 cm³/mol. The minimum Gasteiger partial charge on any atom is -0.790 e. The average Bonchev–Trinajstić information content (AvgIpc) is 2.11. The summed E-state index contributed by atoms with van der Waals surface area (Å²) in [7, 11) is -5.69. The Morgan fingerprint density at radius 3 is 1.65 bits per heavy atom. The Labute approximate surface area is 113 Å². The molecule has 0 amide bonds. The van der Waals surface area contributed by atoms with Crippen LogP contribution in [0.4, 0.5) is 22.0 Å². The molecule has 0 saturated heterocycles. The van der Waals surface area contributed by atoms with Gasteiger partial charge < -0.3 is 18.9 Å². The third-order valence-corrected chi connectivity index (χ3v) is 3.29. The normalized spacial score (nSPS) is 14.7. The smallest absolute Gasteiger partial charge is 0.453 e. The number of alkyl halides is 5. The average molecular weight is 326 g/mol. The van der Waals surface area contributed by atoms with E-state index in [9.17, 15) is 36.3 Å². The molecule has 0 unspecified atom stereocenters. The standard InChI is InChI=1S/C10H18F5O4P/c1-3-5-8(6-4-2,19-20(16,17)18)7-9(11,12)10(13,14)15/h3-7H2,1-2H3,(H2,16,17,18)/p-2. The Bertz CT molecular complexity index is 346. The molecule has 122 valence electrons. The van der Waals surface area contributed by atoms with E-state index in [-0.39, 0.29) is 25.7 Å². The highest BCUT2D eigenvalue weighted by Gasteiger charge is 2.60. The quantitative estimate of drug-likeness (QED) is 0.508. The van der Waals surface area contributed by atoms with Crippen molar-refractivity contribution in [3.8, 4) is 0 Å². The van der Waals surface area contributed by atoms with Gasteiger partial charge in [-0.1, -0.05) is 26.7 Å². The lowest BCUT2D eigenvalue weighted by Gasteiger charge is -2.44. The first kappa shape index (κ1) is 19.8. The van der Waals surface area contributed by atoms with Crippen LogP contribution < -0.4 is 9.79 Å². The number of halogens is 5. The minimum absolute atomic E-state index is 0.0912. The molecule has 0 N–H and O–H groups in total. The molecule has 0 heterocycles. The maximum absolute atomic E-state index is 13.1. The first-order valence-corrected chi connectivity index (χ1v) is 7.42. The molecule has 0 saturated carbocycles. The van der Waals surface area contributed by atoms with Gasteiger partial charge in [-0.05, 0) is 12.8 Å². The highest BCUT2D eigenvalue weighted by molar-refractivity contribution is 7.43. The molecule has 10 heteroatoms. The SMILES string of the molecule is CCCC(CCC)(CC(F)(F)C(F)(F)F)OP(=O)([O-])[O-]. The summed E-state index contributed by atoms with van der Waals surface area (Å²) in [6, 6.07) is 0. The molecular weight excluding hydrogens is 310 g/mol. The van der Waals surface area contributed by atoms with Gasteiger partial charge in [-0.15, -0.1) is 0 Å². The topological polar surface area (TPSA) is 72.4 Å². The number of phosphoric acid groups is 1. The summed E-state index contributed by atoms with van der Waals surface area (Å²) in [6.45, 7) is 2.92. The van der Waals surface area contributed by atoms with Crippen molar-refractivity contribution in [1.82, 2.24) is 0 Å². The second kappa shape index (κ2) is 6.68. The van der Waals surface area contributed by atoms with Crippen LogP contribution in [-0.4, -0.2) is 17.7 Å². The monoisotopic (exact) mass is 326 g/mol. The van der Waals surface area contributed by atoms with E-state index in [1.54, 1.807) is 0 Å². The van der Waals surface area contributed by atoms with Gasteiger partial charge in [-0.3, -0.25) is 0 Å². The van der Waals surface area contributed by atoms with Crippen molar-refractivity contribution >= 4 is 7.82 Å². The highest BCUT2D eigenvalue weighted by atomic mass is 31.2. The van der Waals surface area contributed by atoms with E-state index in [2.05, 4.69) is 4.52 Å². The van der Waals surface area contributed by atoms with E-state index in [4.69, 9.17) is 0 Å². The number of hydrogen-bond acceptors (Lipinski definition) is 4. The molecule has 0 bridgehead atoms. The van der Waals surface area contributed by atoms with Crippen molar-refractivity contribution < 1.29 is 40.8 Å². The molecule has 0 aliphatic heterocycles. The summed E-state index contributed by atoms with van der Waals surface area (Å²) in [5.74, 6) is -5.13. The van der Waals surface area contributed by atoms with Gasteiger partial charge in [-0.25, -0.2) is 0 Å². The summed E-state index contributed by atoms with van der Waals surface area (Å²) in [5.41, 5.74) is -2.33. The van der Waals surface area contributed by atoms with Crippen LogP contribution in [0.3, 0.4) is 0 Å². The van der Waals surface area contributed by atoms with Crippen LogP contribution in [0.5, 0.6) is 0 Å². The lowest BCUT2D eigenvalue weighted by molar-refractivity contribution is -0.356. The number of rotatable bonds is 8. The largest absolute Gasteiger partial charge is 0.790 e. The van der Waals surface area contributed by atoms with E-state index in [1.807, 2.05) is 0 Å². The van der Waals surface area contributed by atoms with Gasteiger partial charge in [0, 0.05) is 0 Å². The molecule has 0 aliphatic rings. The Hall–Kier alpha value is -0.240. The van der Waals surface area contributed by atoms with Crippen molar-refractivity contribution in [1.29, 1.82) is 0 Å². The molecule has 4 nitrogen and oxygen atoms in total. The lowest BCUT2D eigenvalue weighted by Crippen LogP contribution is -2.47. The zero-order valence-electron chi connectivity index (χ0n) is 11.0. The Morgan fingerprint density at radius 2 is 1.40 bits per heavy atom. The van der Waals surface area contributed by atoms with Gasteiger partial charge in [0.25, 0.3) is 0 Å². The number of hydrogen-bond donors (Lipinski definition) is 0. The van der Waals surface area contributed by atoms with Gasteiger partial charge in [0.05, 0.1) is 19.8 Å². The van der Waals surface area contributed by atoms with Crippen LogP contribution in [0.25, 0.3) is 0 Å². The Kier molecular flexibility index (Phi) is 6.60. The first-order chi connectivity index (χ1) is 8.79. The third kappa shape index (κ3) is 6.03. The summed E-state index contributed by atoms with van der Waals surface area (Å²) in [4.78, 5) is 21.3. The zero-order valence-corrected chi connectivity index (χ0v) is 11.9. The maximum atomic E-state index is 13.1. The maximum Gasteiger partial charge on any atom is 0.453 e. The highest BCUT2D eigenvalue weighted by Crippen LogP contribution is 2.48. The van der Waals surface area contributed by atoms with Gasteiger partial charge >= 0.3 is 12.1 Å². The Balaban J connectivity index is 5.45. The van der Waals surface area contributed by atoms with Crippen molar-refractivity contribution in [3.05, 3.63) is 0 Å². The third-order valence-electron chi connectivity index (χ3n) is 2.68. The fourth-order valence-corrected chi connectivity index (χ4v) is 2.80. The van der Waals surface area contributed by atoms with Gasteiger partial charge in [0.1, 0.15) is 0 Å². The molecular formula is C10H16F5O4P-2. The molecule has 0 spiro atoms. The molecule has 20 heavy (non-hydrogen) atoms. The van der Waals surface area contributed by atoms with Crippen LogP contribution in [0.15, 0.2) is 0 Å². The first-order valence-electron chi connectivity index (χ1n) is 5.96. The summed E-state index contributed by atoms with van der Waals surface area (Å²) in [5, 5.41) is 0. The van der Waals surface area contributed by atoms with Crippen molar-refractivity contribution in [2.75, 3.05) is 0 Å². The fraction of sp³-hybridized carbons (Fsp3) is 1.00. The van der Waals surface area contributed by atoms with E-state index in [0.717, 1.165) is 0 Å². The van der Waals surface area contributed by atoms with Crippen LogP contribution >= 0.6 is 7.82 Å². The molecule has 0 fully saturated rings. The fourth-order valence-electron chi connectivity index (χ4n) is 2.08. The second-order valence-electron chi connectivity index (χ2n) is 4.60. The van der Waals surface area contributed by atoms with E-state index in [0.29, 0.717) is 0 Å². The lowest BCUT2D eigenvalue weighted by atomic mass is 9.86. The van der Waals surface area contributed by atoms with Crippen molar-refractivity contribution in [2.24, 2.45) is 0 Å². The molecule has 0 radical (unpaired) electrons. The molecule has 0 aliphatic carbocycles. The molecule has 0 atom stereocenters. The van der Waals surface area contributed by atoms with Gasteiger partial charge in [0.15, 0.2) is 0 Å². The summed E-state index contributed by atoms with van der Waals surface area (Å²) < 4.78 is 77.8. The minimum atomic E-state index is -5.83. The molecule has 0 aromatic carbocycles.